The summed E-state index contributed by atoms with van der Waals surface area (Å²) >= 11 is 1.86. The maximum absolute atomic E-state index is 2.39. The molecule has 3 nitrogen and oxygen atoms in total. The summed E-state index contributed by atoms with van der Waals surface area (Å²) in [5.74, 6) is 0. The standard InChI is InChI=1S/C54H35N3S/c1-2-12-42(13-3-1)57-50-16-8-6-14-46(50)48-33-40-30-31-55(51(40)35-52(48)57)41-23-18-37(19-24-41)38-20-25-43(26-21-38)56(44-27-22-36-10-4-5-11-39(36)32-44)45-28-29-54-49(34-45)47-15-7-9-17-53(47)58-54/h1-35H. The van der Waals surface area contributed by atoms with Crippen molar-refractivity contribution < 1.29 is 0 Å². The predicted molar refractivity (Wildman–Crippen MR) is 248 cm³/mol. The summed E-state index contributed by atoms with van der Waals surface area (Å²) in [6, 6.07) is 75.3. The molecule has 0 N–H and O–H groups in total. The van der Waals surface area contributed by atoms with E-state index in [2.05, 4.69) is 226 Å². The van der Waals surface area contributed by atoms with Crippen molar-refractivity contribution in [1.29, 1.82) is 0 Å². The Labute approximate surface area is 339 Å². The number of fused-ring (bicyclic) bond motifs is 8. The van der Waals surface area contributed by atoms with Gasteiger partial charge in [-0.1, -0.05) is 109 Å². The number of aromatic nitrogens is 2. The van der Waals surface area contributed by atoms with Crippen molar-refractivity contribution in [3.8, 4) is 22.5 Å². The van der Waals surface area contributed by atoms with E-state index >= 15 is 0 Å². The summed E-state index contributed by atoms with van der Waals surface area (Å²) in [5.41, 5.74) is 11.7. The second-order valence-electron chi connectivity index (χ2n) is 15.0. The fourth-order valence-electron chi connectivity index (χ4n) is 8.91. The van der Waals surface area contributed by atoms with Crippen LogP contribution in [0, 0.1) is 0 Å². The first-order valence-corrected chi connectivity index (χ1v) is 20.6. The molecule has 0 aliphatic carbocycles. The van der Waals surface area contributed by atoms with Crippen molar-refractivity contribution >= 4 is 92.1 Å². The van der Waals surface area contributed by atoms with Crippen molar-refractivity contribution in [2.45, 2.75) is 0 Å². The van der Waals surface area contributed by atoms with Crippen molar-refractivity contribution in [3.05, 3.63) is 212 Å². The van der Waals surface area contributed by atoms with E-state index in [9.17, 15) is 0 Å². The third-order valence-electron chi connectivity index (χ3n) is 11.7. The van der Waals surface area contributed by atoms with Gasteiger partial charge >= 0.3 is 0 Å². The SMILES string of the molecule is c1ccc(-n2c3ccccc3c3cc4ccn(-c5ccc(-c6ccc(N(c7ccc8ccccc8c7)c7ccc8sc9ccccc9c8c7)cc6)cc5)c4cc32)cc1. The van der Waals surface area contributed by atoms with Gasteiger partial charge in [-0.05, 0) is 119 Å². The van der Waals surface area contributed by atoms with Gasteiger partial charge in [0.2, 0.25) is 0 Å². The third-order valence-corrected chi connectivity index (χ3v) is 12.9. The van der Waals surface area contributed by atoms with Crippen LogP contribution in [0.5, 0.6) is 0 Å². The minimum absolute atomic E-state index is 1.12. The average molecular weight is 758 g/mol. The van der Waals surface area contributed by atoms with Crippen molar-refractivity contribution in [1.82, 2.24) is 9.13 Å². The van der Waals surface area contributed by atoms with Crippen LogP contribution in [0.1, 0.15) is 0 Å². The lowest BCUT2D eigenvalue weighted by molar-refractivity contribution is 1.13. The zero-order valence-corrected chi connectivity index (χ0v) is 32.3. The molecule has 0 spiro atoms. The Kier molecular flexibility index (Phi) is 7.40. The highest BCUT2D eigenvalue weighted by Gasteiger charge is 2.17. The molecule has 3 heterocycles. The van der Waals surface area contributed by atoms with Gasteiger partial charge in [0.1, 0.15) is 0 Å². The van der Waals surface area contributed by atoms with E-state index in [0.717, 1.165) is 22.7 Å². The Bertz CT molecular complexity index is 3500. The largest absolute Gasteiger partial charge is 0.316 e. The third kappa shape index (κ3) is 5.27. The summed E-state index contributed by atoms with van der Waals surface area (Å²) in [6.45, 7) is 0. The fraction of sp³-hybridized carbons (Fsp3) is 0. The molecule has 0 amide bonds. The van der Waals surface area contributed by atoms with Crippen LogP contribution in [-0.2, 0) is 0 Å². The maximum Gasteiger partial charge on any atom is 0.0562 e. The van der Waals surface area contributed by atoms with Gasteiger partial charge in [0.05, 0.1) is 16.6 Å². The molecule has 0 fully saturated rings. The number of hydrogen-bond donors (Lipinski definition) is 0. The van der Waals surface area contributed by atoms with Crippen LogP contribution in [0.25, 0.3) is 86.2 Å². The van der Waals surface area contributed by atoms with Gasteiger partial charge in [-0.25, -0.2) is 0 Å². The molecule has 0 atom stereocenters. The zero-order valence-electron chi connectivity index (χ0n) is 31.5. The van der Waals surface area contributed by atoms with Gasteiger partial charge < -0.3 is 14.0 Å². The lowest BCUT2D eigenvalue weighted by Gasteiger charge is -2.26. The smallest absolute Gasteiger partial charge is 0.0562 e. The number of benzene rings is 9. The Morgan fingerprint density at radius 1 is 0.345 bits per heavy atom. The van der Waals surface area contributed by atoms with Gasteiger partial charge in [0, 0.05) is 71.0 Å². The van der Waals surface area contributed by atoms with E-state index in [1.165, 1.54) is 80.5 Å². The molecule has 0 radical (unpaired) electrons. The monoisotopic (exact) mass is 757 g/mol. The lowest BCUT2D eigenvalue weighted by Crippen LogP contribution is -2.09. The average Bonchev–Trinajstić information content (AvgIpc) is 3.98. The molecule has 58 heavy (non-hydrogen) atoms. The van der Waals surface area contributed by atoms with Crippen LogP contribution in [0.4, 0.5) is 17.1 Å². The summed E-state index contributed by atoms with van der Waals surface area (Å²) < 4.78 is 7.32. The van der Waals surface area contributed by atoms with Crippen molar-refractivity contribution in [3.63, 3.8) is 0 Å². The molecule has 0 bridgehead atoms. The summed E-state index contributed by atoms with van der Waals surface area (Å²) in [4.78, 5) is 2.39. The van der Waals surface area contributed by atoms with E-state index in [1.54, 1.807) is 0 Å². The summed E-state index contributed by atoms with van der Waals surface area (Å²) in [7, 11) is 0. The van der Waals surface area contributed by atoms with E-state index in [4.69, 9.17) is 0 Å². The topological polar surface area (TPSA) is 13.1 Å². The first-order valence-electron chi connectivity index (χ1n) is 19.7. The predicted octanol–water partition coefficient (Wildman–Crippen LogP) is 15.4. The molecular formula is C54H35N3S. The summed E-state index contributed by atoms with van der Waals surface area (Å²) in [5, 5.41) is 8.82. The molecule has 0 aliphatic rings. The molecule has 0 aliphatic heterocycles. The second kappa shape index (κ2) is 13.1. The quantitative estimate of drug-likeness (QED) is 0.165. The first-order chi connectivity index (χ1) is 28.7. The Morgan fingerprint density at radius 2 is 1.00 bits per heavy atom. The van der Waals surface area contributed by atoms with Gasteiger partial charge in [-0.2, -0.15) is 0 Å². The van der Waals surface area contributed by atoms with E-state index in [0.29, 0.717) is 0 Å². The first kappa shape index (κ1) is 32.8. The highest BCUT2D eigenvalue weighted by molar-refractivity contribution is 7.25. The lowest BCUT2D eigenvalue weighted by atomic mass is 10.0. The Balaban J connectivity index is 0.912. The molecule has 272 valence electrons. The number of para-hydroxylation sites is 2. The number of rotatable bonds is 6. The van der Waals surface area contributed by atoms with Crippen LogP contribution in [0.3, 0.4) is 0 Å². The van der Waals surface area contributed by atoms with E-state index in [-0.39, 0.29) is 0 Å². The van der Waals surface area contributed by atoms with Crippen LogP contribution in [-0.4, -0.2) is 9.13 Å². The molecule has 4 heteroatoms. The molecule has 0 saturated carbocycles. The van der Waals surface area contributed by atoms with Gasteiger partial charge in [0.15, 0.2) is 0 Å². The van der Waals surface area contributed by atoms with Crippen LogP contribution >= 0.6 is 11.3 Å². The second-order valence-corrected chi connectivity index (χ2v) is 16.1. The van der Waals surface area contributed by atoms with Crippen molar-refractivity contribution in [2.75, 3.05) is 4.90 Å². The number of thiophene rings is 1. The highest BCUT2D eigenvalue weighted by Crippen LogP contribution is 2.42. The fourth-order valence-corrected chi connectivity index (χ4v) is 10.00. The zero-order chi connectivity index (χ0) is 38.2. The van der Waals surface area contributed by atoms with Crippen molar-refractivity contribution in [2.24, 2.45) is 0 Å². The minimum Gasteiger partial charge on any atom is -0.316 e. The number of nitrogens with zero attached hydrogens (tertiary/aromatic N) is 3. The Morgan fingerprint density at radius 3 is 1.84 bits per heavy atom. The summed E-state index contributed by atoms with van der Waals surface area (Å²) in [6.07, 6.45) is 2.19. The molecule has 0 unspecified atom stereocenters. The number of hydrogen-bond acceptors (Lipinski definition) is 2. The normalized spacial score (nSPS) is 11.8. The minimum atomic E-state index is 1.12. The van der Waals surface area contributed by atoms with Crippen LogP contribution in [0.15, 0.2) is 212 Å². The maximum atomic E-state index is 2.39. The molecular weight excluding hydrogens is 723 g/mol. The van der Waals surface area contributed by atoms with Crippen LogP contribution in [0.2, 0.25) is 0 Å². The molecule has 9 aromatic carbocycles. The highest BCUT2D eigenvalue weighted by atomic mass is 32.1. The van der Waals surface area contributed by atoms with Crippen LogP contribution < -0.4 is 4.90 Å². The molecule has 12 aromatic rings. The van der Waals surface area contributed by atoms with Gasteiger partial charge in [0.25, 0.3) is 0 Å². The Hall–Kier alpha value is -7.40. The number of anilines is 3. The van der Waals surface area contributed by atoms with E-state index in [1.807, 2.05) is 11.3 Å². The van der Waals surface area contributed by atoms with Gasteiger partial charge in [-0.15, -0.1) is 11.3 Å². The van der Waals surface area contributed by atoms with Gasteiger partial charge in [-0.3, -0.25) is 0 Å². The van der Waals surface area contributed by atoms with E-state index < -0.39 is 0 Å². The molecule has 12 rings (SSSR count). The molecule has 0 saturated heterocycles. The molecule has 3 aromatic heterocycles.